The first-order valence-electron chi connectivity index (χ1n) is 48.6. The minimum Gasteiger partial charge on any atom is -0.495 e. The lowest BCUT2D eigenvalue weighted by Gasteiger charge is -2.39. The van der Waals surface area contributed by atoms with Gasteiger partial charge in [-0.05, 0) is 200 Å². The highest BCUT2D eigenvalue weighted by molar-refractivity contribution is 5.52. The van der Waals surface area contributed by atoms with E-state index < -0.39 is 0 Å². The van der Waals surface area contributed by atoms with Crippen LogP contribution in [0.25, 0.3) is 0 Å². The van der Waals surface area contributed by atoms with E-state index in [-0.39, 0.29) is 43.4 Å². The lowest BCUT2D eigenvalue weighted by Crippen LogP contribution is -2.50. The number of rotatable bonds is 26. The summed E-state index contributed by atoms with van der Waals surface area (Å²) in [5.41, 5.74) is 11.6. The Kier molecular flexibility index (Phi) is 37.4. The highest BCUT2D eigenvalue weighted by Crippen LogP contribution is 2.38. The minimum atomic E-state index is -0.0581. The number of hydrogen-bond donors (Lipinski definition) is 2. The number of aliphatic hydroxyl groups excluding tert-OH is 2. The highest BCUT2D eigenvalue weighted by Gasteiger charge is 2.34. The zero-order chi connectivity index (χ0) is 97.5. The minimum absolute atomic E-state index is 0.0581. The Hall–Kier alpha value is -10.9. The summed E-state index contributed by atoms with van der Waals surface area (Å²) in [4.78, 5) is 104. The van der Waals surface area contributed by atoms with Crippen molar-refractivity contribution in [1.29, 1.82) is 0 Å². The number of likely N-dealkylation sites (N-methyl/N-ethyl adjacent to an activating group) is 5. The monoisotopic (exact) mass is 1880 g/mol. The topological polar surface area (TPSA) is 310 Å². The Balaban J connectivity index is 0.000000145. The molecule has 1 unspecified atom stereocenters. The smallest absolute Gasteiger partial charge is 0.142 e. The number of ether oxygens (including phenoxy) is 3. The summed E-state index contributed by atoms with van der Waals surface area (Å²) in [6, 6.07) is 31.9. The summed E-state index contributed by atoms with van der Waals surface area (Å²) >= 11 is 0. The van der Waals surface area contributed by atoms with Gasteiger partial charge in [0.2, 0.25) is 0 Å². The molecule has 7 atom stereocenters. The maximum absolute atomic E-state index is 10.2. The zero-order valence-corrected chi connectivity index (χ0v) is 85.1. The molecule has 35 nitrogen and oxygen atoms in total. The molecule has 2 N–H and O–H groups in total. The lowest BCUT2D eigenvalue weighted by molar-refractivity contribution is 0.154. The predicted octanol–water partition coefficient (Wildman–Crippen LogP) is 9.92. The van der Waals surface area contributed by atoms with Crippen LogP contribution in [0, 0.1) is 34.6 Å². The Labute approximate surface area is 812 Å². The number of nitrogens with zero attached hydrogens (tertiary/aromatic N) is 30. The number of piperazine rings is 5. The van der Waals surface area contributed by atoms with E-state index in [0.717, 1.165) is 307 Å². The van der Waals surface area contributed by atoms with Gasteiger partial charge < -0.3 is 73.4 Å². The van der Waals surface area contributed by atoms with Gasteiger partial charge in [-0.1, -0.05) is 12.1 Å². The third-order valence-corrected chi connectivity index (χ3v) is 27.6. The first-order chi connectivity index (χ1) is 66.0. The molecule has 7 aliphatic rings. The second kappa shape index (κ2) is 49.6. The molecule has 0 radical (unpaired) electrons. The van der Waals surface area contributed by atoms with Crippen molar-refractivity contribution in [1.82, 2.24) is 124 Å². The first-order valence-corrected chi connectivity index (χ1v) is 48.6. The van der Waals surface area contributed by atoms with Gasteiger partial charge in [0.25, 0.3) is 0 Å². The van der Waals surface area contributed by atoms with Gasteiger partial charge in [0.15, 0.2) is 0 Å². The standard InChI is InChI=1S/2C21H32N6O.2C20H28N6O.C20H30N6O/c2*1-15-12-27(11-10-25(15)4)21-18(14-28)20(23-17(3)24-21)13-26(5)16(2)19-8-6-7-9-22-19;2*1-15-22-16(13-19(23-15)26-10-8-24(2)9-11-26)14-25(3)17-6-12-27-18-5-4-7-21-20(17)18;1-15(20-18(27-5)7-6-8-21-20)25(4)14-17-13-19(23-16(2)22-17)26-11-9-24(3)10-12-26/h2*6-9,15-16,28H,10-14H2,1-5H3;2*4-5,7,13,17H,6,8-12,14H2,1-3H3;6-8,13,15H,9-12,14H2,1-5H3/t15-,16+;15-,16-;17-;;15-/m100.0/s1. The Morgan fingerprint density at radius 3 is 1.10 bits per heavy atom. The molecule has 35 heteroatoms. The number of aliphatic hydroxyl groups is 2. The number of anilines is 5. The fourth-order valence-corrected chi connectivity index (χ4v) is 18.4. The van der Waals surface area contributed by atoms with Crippen molar-refractivity contribution < 1.29 is 24.4 Å². The molecule has 7 aliphatic heterocycles. The van der Waals surface area contributed by atoms with E-state index in [1.54, 1.807) is 7.11 Å². The summed E-state index contributed by atoms with van der Waals surface area (Å²) in [5, 5.41) is 20.3. The van der Waals surface area contributed by atoms with Gasteiger partial charge in [-0.15, -0.1) is 0 Å². The molecule has 17 rings (SSSR count). The van der Waals surface area contributed by atoms with E-state index in [1.807, 2.05) is 138 Å². The second-order valence-corrected chi connectivity index (χ2v) is 37.9. The highest BCUT2D eigenvalue weighted by atomic mass is 16.5. The molecule has 738 valence electrons. The number of fused-ring (bicyclic) bond motifs is 2. The Morgan fingerprint density at radius 2 is 0.737 bits per heavy atom. The fraction of sp³-hybridized carbons (Fsp3) is 0.559. The van der Waals surface area contributed by atoms with Crippen LogP contribution in [-0.4, -0.2) is 355 Å². The fourth-order valence-electron chi connectivity index (χ4n) is 18.4. The molecule has 10 aromatic rings. The Morgan fingerprint density at radius 1 is 0.387 bits per heavy atom. The van der Waals surface area contributed by atoms with Crippen LogP contribution in [0.15, 0.2) is 122 Å². The molecule has 137 heavy (non-hydrogen) atoms. The van der Waals surface area contributed by atoms with E-state index in [9.17, 15) is 10.2 Å². The van der Waals surface area contributed by atoms with Crippen LogP contribution in [0.5, 0.6) is 17.2 Å². The van der Waals surface area contributed by atoms with Crippen LogP contribution in [0.4, 0.5) is 29.1 Å². The molecule has 17 heterocycles. The number of pyridine rings is 5. The zero-order valence-electron chi connectivity index (χ0n) is 85.1. The van der Waals surface area contributed by atoms with Crippen molar-refractivity contribution in [2.75, 3.05) is 233 Å². The summed E-state index contributed by atoms with van der Waals surface area (Å²) in [5.74, 6) is 11.5. The van der Waals surface area contributed by atoms with E-state index in [2.05, 4.69) is 252 Å². The average Bonchev–Trinajstić information content (AvgIpc) is 0.792. The van der Waals surface area contributed by atoms with Gasteiger partial charge in [-0.3, -0.25) is 49.4 Å². The van der Waals surface area contributed by atoms with Gasteiger partial charge in [0, 0.05) is 248 Å². The third kappa shape index (κ3) is 28.0. The van der Waals surface area contributed by atoms with Crippen molar-refractivity contribution in [3.8, 4) is 17.2 Å². The molecule has 0 aliphatic carbocycles. The van der Waals surface area contributed by atoms with E-state index >= 15 is 0 Å². The van der Waals surface area contributed by atoms with Gasteiger partial charge >= 0.3 is 0 Å². The molecule has 5 saturated heterocycles. The van der Waals surface area contributed by atoms with E-state index in [0.29, 0.717) is 25.2 Å². The van der Waals surface area contributed by atoms with Crippen LogP contribution in [-0.2, 0) is 45.9 Å². The molecule has 5 fully saturated rings. The van der Waals surface area contributed by atoms with Crippen LogP contribution in [0.2, 0.25) is 0 Å². The van der Waals surface area contributed by atoms with Crippen LogP contribution in [0.1, 0.15) is 175 Å². The number of methoxy groups -OCH3 is 1. The van der Waals surface area contributed by atoms with Crippen molar-refractivity contribution in [2.45, 2.75) is 170 Å². The molecule has 0 bridgehead atoms. The Bertz CT molecular complexity index is 5130. The SMILES string of the molecule is COc1cccnc1[C@H](C)N(C)Cc1cc(N2CCN(C)CC2)nc(C)n1.Cc1nc(CN(C)C2CCOc3cccnc32)cc(N2CCN(C)CC2)n1.Cc1nc(CN(C)[C@@H](C)c2ccccn2)c(CO)c(N2CCN(C)[C@@H](C)C2)n1.Cc1nc(CN(C)[C@@H](C)c2ccccn2)c(CO)c(N2CCN(C)[C@H](C)C2)n1.Cc1nc(CN(C)[C@H]2CCOc3cccnc32)cc(N2CCN(C)CC2)n1. The summed E-state index contributed by atoms with van der Waals surface area (Å²) in [7, 11) is 23.0. The molecule has 10 aromatic heterocycles. The quantitative estimate of drug-likeness (QED) is 0.0509. The number of aromatic nitrogens is 15. The molecular weight excluding hydrogens is 1730 g/mol. The largest absolute Gasteiger partial charge is 0.495 e. The maximum atomic E-state index is 10.2. The normalized spacial score (nSPS) is 19.2. The second-order valence-electron chi connectivity index (χ2n) is 37.9. The van der Waals surface area contributed by atoms with Crippen molar-refractivity contribution in [2.24, 2.45) is 0 Å². The van der Waals surface area contributed by atoms with Gasteiger partial charge in [-0.2, -0.15) is 0 Å². The maximum Gasteiger partial charge on any atom is 0.142 e. The summed E-state index contributed by atoms with van der Waals surface area (Å²) in [6.07, 6.45) is 11.0. The van der Waals surface area contributed by atoms with Gasteiger partial charge in [-0.25, -0.2) is 49.8 Å². The molecule has 0 spiro atoms. The third-order valence-electron chi connectivity index (χ3n) is 27.6. The first kappa shape index (κ1) is 103. The van der Waals surface area contributed by atoms with Crippen molar-refractivity contribution >= 4 is 29.1 Å². The number of hydrogen-bond acceptors (Lipinski definition) is 35. The van der Waals surface area contributed by atoms with Gasteiger partial charge in [0.05, 0.1) is 109 Å². The summed E-state index contributed by atoms with van der Waals surface area (Å²) < 4.78 is 17.0. The molecular formula is C102H150N30O5. The van der Waals surface area contributed by atoms with E-state index in [4.69, 9.17) is 34.1 Å². The van der Waals surface area contributed by atoms with Crippen molar-refractivity contribution in [3.05, 3.63) is 219 Å². The van der Waals surface area contributed by atoms with E-state index in [1.165, 1.54) is 0 Å². The van der Waals surface area contributed by atoms with Crippen LogP contribution < -0.4 is 38.7 Å². The van der Waals surface area contributed by atoms with Gasteiger partial charge in [0.1, 0.15) is 75.5 Å². The molecule has 0 amide bonds. The lowest BCUT2D eigenvalue weighted by atomic mass is 10.0. The molecule has 0 aromatic carbocycles. The van der Waals surface area contributed by atoms with Crippen LogP contribution >= 0.6 is 0 Å². The molecule has 0 saturated carbocycles. The predicted molar refractivity (Wildman–Crippen MR) is 539 cm³/mol. The van der Waals surface area contributed by atoms with Crippen molar-refractivity contribution in [3.63, 3.8) is 0 Å². The average molecular weight is 1880 g/mol. The number of aryl methyl sites for hydroxylation is 5. The van der Waals surface area contributed by atoms with Crippen LogP contribution in [0.3, 0.4) is 0 Å². The summed E-state index contributed by atoms with van der Waals surface area (Å²) in [6.45, 7) is 43.6.